The largest absolute Gasteiger partial charge is 0.393 e. The van der Waals surface area contributed by atoms with Crippen LogP contribution in [0.5, 0.6) is 0 Å². The molecule has 1 fully saturated rings. The molecule has 25 heavy (non-hydrogen) atoms. The summed E-state index contributed by atoms with van der Waals surface area (Å²) < 4.78 is 29.4. The number of aliphatic hydroxyl groups is 1. The Balaban J connectivity index is 1.76. The molecule has 0 aliphatic heterocycles. The number of aryl methyl sites for hydroxylation is 1. The first kappa shape index (κ1) is 17.8. The van der Waals surface area contributed by atoms with Gasteiger partial charge in [0.15, 0.2) is 0 Å². The van der Waals surface area contributed by atoms with Crippen molar-refractivity contribution in [3.63, 3.8) is 0 Å². The number of carbonyl (C=O) groups excluding carboxylic acids is 1. The molecule has 0 spiro atoms. The van der Waals surface area contributed by atoms with E-state index in [1.807, 2.05) is 0 Å². The minimum atomic E-state index is -0.922. The molecule has 1 aliphatic rings. The second kappa shape index (κ2) is 7.09. The Hall–Kier alpha value is -1.99. The highest BCUT2D eigenvalue weighted by Gasteiger charge is 2.36. The van der Waals surface area contributed by atoms with E-state index in [0.29, 0.717) is 12.8 Å². The molecule has 0 radical (unpaired) electrons. The van der Waals surface area contributed by atoms with Crippen LogP contribution in [0.25, 0.3) is 0 Å². The molecule has 3 rings (SSSR count). The molecule has 1 aliphatic carbocycles. The van der Waals surface area contributed by atoms with Crippen LogP contribution in [0.3, 0.4) is 0 Å². The van der Waals surface area contributed by atoms with Crippen LogP contribution < -0.4 is 5.32 Å². The van der Waals surface area contributed by atoms with Crippen molar-refractivity contribution in [1.82, 2.24) is 15.1 Å². The molecule has 1 aromatic carbocycles. The molecule has 0 bridgehead atoms. The van der Waals surface area contributed by atoms with Crippen LogP contribution in [-0.2, 0) is 18.3 Å². The zero-order valence-electron chi connectivity index (χ0n) is 13.5. The van der Waals surface area contributed by atoms with E-state index in [0.717, 1.165) is 17.7 Å². The topological polar surface area (TPSA) is 67.2 Å². The lowest BCUT2D eigenvalue weighted by atomic mass is 9.75. The Labute approximate surface area is 148 Å². The molecule has 134 valence electrons. The second-order valence-corrected chi connectivity index (χ2v) is 6.78. The summed E-state index contributed by atoms with van der Waals surface area (Å²) in [7, 11) is 1.76. The number of benzene rings is 1. The fourth-order valence-corrected chi connectivity index (χ4v) is 3.27. The maximum atomic E-state index is 14.0. The summed E-state index contributed by atoms with van der Waals surface area (Å²) >= 11 is 5.66. The van der Waals surface area contributed by atoms with Gasteiger partial charge in [0.25, 0.3) is 0 Å². The summed E-state index contributed by atoms with van der Waals surface area (Å²) in [5.74, 6) is -2.20. The van der Waals surface area contributed by atoms with Gasteiger partial charge in [-0.15, -0.1) is 0 Å². The summed E-state index contributed by atoms with van der Waals surface area (Å²) in [5, 5.41) is 16.2. The third kappa shape index (κ3) is 3.82. The Morgan fingerprint density at radius 2 is 2.20 bits per heavy atom. The molecule has 1 heterocycles. The fourth-order valence-electron chi connectivity index (χ4n) is 3.09. The molecule has 2 N–H and O–H groups in total. The van der Waals surface area contributed by atoms with Crippen molar-refractivity contribution in [3.8, 4) is 0 Å². The normalized spacial score (nSPS) is 20.8. The van der Waals surface area contributed by atoms with Crippen molar-refractivity contribution in [1.29, 1.82) is 0 Å². The highest BCUT2D eigenvalue weighted by molar-refractivity contribution is 6.30. The van der Waals surface area contributed by atoms with E-state index in [-0.39, 0.29) is 28.6 Å². The number of nitrogens with one attached hydrogen (secondary N) is 1. The Bertz CT molecular complexity index is 790. The van der Waals surface area contributed by atoms with Crippen molar-refractivity contribution < 1.29 is 18.7 Å². The number of amides is 1. The zero-order valence-corrected chi connectivity index (χ0v) is 14.3. The van der Waals surface area contributed by atoms with Gasteiger partial charge in [0.05, 0.1) is 29.8 Å². The number of hydrogen-bond acceptors (Lipinski definition) is 3. The van der Waals surface area contributed by atoms with Crippen molar-refractivity contribution in [2.75, 3.05) is 0 Å². The third-order valence-electron chi connectivity index (χ3n) is 4.50. The smallest absolute Gasteiger partial charge is 0.225 e. The lowest BCUT2D eigenvalue weighted by Gasteiger charge is -2.37. The fraction of sp³-hybridized carbons (Fsp3) is 0.412. The van der Waals surface area contributed by atoms with Gasteiger partial charge in [-0.3, -0.25) is 9.48 Å². The SMILES string of the molecule is Cn1cc([C@H](NC(=O)Cc2c(F)ccc(Cl)c2F)C2CC(O)C2)cn1. The first-order valence-corrected chi connectivity index (χ1v) is 8.31. The van der Waals surface area contributed by atoms with Crippen LogP contribution in [0.1, 0.15) is 30.0 Å². The third-order valence-corrected chi connectivity index (χ3v) is 4.79. The second-order valence-electron chi connectivity index (χ2n) is 6.38. The number of aromatic nitrogens is 2. The van der Waals surface area contributed by atoms with Crippen molar-refractivity contribution >= 4 is 17.5 Å². The van der Waals surface area contributed by atoms with Gasteiger partial charge in [-0.25, -0.2) is 8.78 Å². The average Bonchev–Trinajstić information content (AvgIpc) is 2.96. The van der Waals surface area contributed by atoms with Crippen molar-refractivity contribution in [3.05, 3.63) is 52.3 Å². The van der Waals surface area contributed by atoms with E-state index >= 15 is 0 Å². The van der Waals surface area contributed by atoms with Gasteiger partial charge >= 0.3 is 0 Å². The minimum Gasteiger partial charge on any atom is -0.393 e. The average molecular weight is 370 g/mol. The number of nitrogens with zero attached hydrogens (tertiary/aromatic N) is 2. The van der Waals surface area contributed by atoms with E-state index in [1.54, 1.807) is 24.1 Å². The van der Waals surface area contributed by atoms with Crippen LogP contribution in [0.4, 0.5) is 8.78 Å². The maximum Gasteiger partial charge on any atom is 0.225 e. The Kier molecular flexibility index (Phi) is 5.06. The maximum absolute atomic E-state index is 14.0. The highest BCUT2D eigenvalue weighted by atomic mass is 35.5. The van der Waals surface area contributed by atoms with E-state index in [2.05, 4.69) is 10.4 Å². The van der Waals surface area contributed by atoms with Crippen LogP contribution in [-0.4, -0.2) is 26.9 Å². The van der Waals surface area contributed by atoms with E-state index in [1.165, 1.54) is 0 Å². The Morgan fingerprint density at radius 3 is 2.80 bits per heavy atom. The summed E-state index contributed by atoms with van der Waals surface area (Å²) in [6.45, 7) is 0. The number of aliphatic hydroxyl groups excluding tert-OH is 1. The van der Waals surface area contributed by atoms with Gasteiger partial charge in [-0.2, -0.15) is 5.10 Å². The van der Waals surface area contributed by atoms with Gasteiger partial charge in [-0.1, -0.05) is 11.6 Å². The number of carbonyl (C=O) groups is 1. The van der Waals surface area contributed by atoms with E-state index in [4.69, 9.17) is 11.6 Å². The first-order valence-electron chi connectivity index (χ1n) is 7.93. The van der Waals surface area contributed by atoms with Crippen LogP contribution in [0, 0.1) is 17.6 Å². The molecule has 0 unspecified atom stereocenters. The minimum absolute atomic E-state index is 0.0530. The molecule has 0 saturated heterocycles. The molecule has 1 atom stereocenters. The molecular weight excluding hydrogens is 352 g/mol. The summed E-state index contributed by atoms with van der Waals surface area (Å²) in [6.07, 6.45) is 3.68. The summed E-state index contributed by atoms with van der Waals surface area (Å²) in [6, 6.07) is 1.78. The molecule has 1 saturated carbocycles. The Morgan fingerprint density at radius 1 is 1.48 bits per heavy atom. The molecule has 8 heteroatoms. The van der Waals surface area contributed by atoms with Gasteiger partial charge in [0.1, 0.15) is 11.6 Å². The summed E-state index contributed by atoms with van der Waals surface area (Å²) in [4.78, 5) is 12.4. The van der Waals surface area contributed by atoms with Crippen molar-refractivity contribution in [2.45, 2.75) is 31.4 Å². The molecule has 2 aromatic rings. The lowest BCUT2D eigenvalue weighted by molar-refractivity contribution is -0.122. The van der Waals surface area contributed by atoms with E-state index < -0.39 is 24.0 Å². The monoisotopic (exact) mass is 369 g/mol. The van der Waals surface area contributed by atoms with Gasteiger partial charge in [-0.05, 0) is 30.9 Å². The van der Waals surface area contributed by atoms with Crippen LogP contribution >= 0.6 is 11.6 Å². The summed E-state index contributed by atoms with van der Waals surface area (Å²) in [5.41, 5.74) is 0.434. The molecular formula is C17H18ClF2N3O2. The van der Waals surface area contributed by atoms with Gasteiger partial charge in [0.2, 0.25) is 5.91 Å². The first-order chi connectivity index (χ1) is 11.8. The van der Waals surface area contributed by atoms with Crippen molar-refractivity contribution in [2.24, 2.45) is 13.0 Å². The molecule has 1 aromatic heterocycles. The molecule has 1 amide bonds. The predicted molar refractivity (Wildman–Crippen MR) is 87.9 cm³/mol. The van der Waals surface area contributed by atoms with Gasteiger partial charge in [0, 0.05) is 24.4 Å². The highest BCUT2D eigenvalue weighted by Crippen LogP contribution is 2.38. The zero-order chi connectivity index (χ0) is 18.1. The number of rotatable bonds is 5. The van der Waals surface area contributed by atoms with E-state index in [9.17, 15) is 18.7 Å². The number of hydrogen-bond donors (Lipinski definition) is 2. The standard InChI is InChI=1S/C17H18ClF2N3O2/c1-23-8-10(7-21-23)17(9-4-11(24)5-9)22-15(25)6-12-14(19)3-2-13(18)16(12)20/h2-3,7-9,11,17,24H,4-6H2,1H3,(H,22,25)/t9?,11?,17-/m1/s1. The number of halogens is 3. The predicted octanol–water partition coefficient (Wildman–Crippen LogP) is 2.52. The van der Waals surface area contributed by atoms with Gasteiger partial charge < -0.3 is 10.4 Å². The van der Waals surface area contributed by atoms with Crippen LogP contribution in [0.2, 0.25) is 5.02 Å². The quantitative estimate of drug-likeness (QED) is 0.796. The lowest BCUT2D eigenvalue weighted by Crippen LogP contribution is -2.41. The van der Waals surface area contributed by atoms with Crippen LogP contribution in [0.15, 0.2) is 24.5 Å². The molecule has 5 nitrogen and oxygen atoms in total.